The number of benzene rings is 1. The molecule has 2 rings (SSSR count). The van der Waals surface area contributed by atoms with E-state index in [9.17, 15) is 9.90 Å². The minimum Gasteiger partial charge on any atom is -0.491 e. The van der Waals surface area contributed by atoms with E-state index in [1.807, 2.05) is 0 Å². The summed E-state index contributed by atoms with van der Waals surface area (Å²) in [6.45, 7) is 6.85. The fraction of sp³-hybridized carbons (Fsp3) is 0.611. The molecule has 1 aromatic rings. The molecule has 23 heavy (non-hydrogen) atoms. The third-order valence-electron chi connectivity index (χ3n) is 4.41. The Hall–Kier alpha value is -1.59. The molecule has 1 amide bonds. The smallest absolute Gasteiger partial charge is 0.221 e. The van der Waals surface area contributed by atoms with Crippen LogP contribution in [-0.2, 0) is 4.79 Å². The van der Waals surface area contributed by atoms with Crippen molar-refractivity contribution in [2.75, 3.05) is 18.5 Å². The van der Waals surface area contributed by atoms with E-state index in [1.54, 1.807) is 24.3 Å². The molecule has 5 nitrogen and oxygen atoms in total. The Labute approximate surface area is 138 Å². The molecule has 1 aromatic carbocycles. The van der Waals surface area contributed by atoms with Gasteiger partial charge in [0, 0.05) is 31.2 Å². The van der Waals surface area contributed by atoms with Crippen molar-refractivity contribution >= 4 is 11.6 Å². The van der Waals surface area contributed by atoms with Crippen LogP contribution >= 0.6 is 0 Å². The highest BCUT2D eigenvalue weighted by Crippen LogP contribution is 2.22. The number of aliphatic hydroxyl groups excluding tert-OH is 1. The van der Waals surface area contributed by atoms with Crippen LogP contribution in [0.15, 0.2) is 24.3 Å². The molecule has 0 aromatic heterocycles. The summed E-state index contributed by atoms with van der Waals surface area (Å²) in [7, 11) is 0. The normalized spacial score (nSPS) is 23.3. The van der Waals surface area contributed by atoms with Gasteiger partial charge in [-0.1, -0.05) is 6.42 Å². The summed E-state index contributed by atoms with van der Waals surface area (Å²) in [5.41, 5.74) is 0.737. The molecule has 1 aliphatic heterocycles. The quantitative estimate of drug-likeness (QED) is 0.846. The maximum Gasteiger partial charge on any atom is 0.221 e. The highest BCUT2D eigenvalue weighted by atomic mass is 16.5. The fourth-order valence-corrected chi connectivity index (χ4v) is 3.16. The fourth-order valence-electron chi connectivity index (χ4n) is 3.16. The first-order valence-electron chi connectivity index (χ1n) is 8.40. The number of carbonyl (C=O) groups is 1. The third-order valence-corrected chi connectivity index (χ3v) is 4.41. The Kier molecular flexibility index (Phi) is 6.42. The van der Waals surface area contributed by atoms with Gasteiger partial charge in [0.2, 0.25) is 5.91 Å². The van der Waals surface area contributed by atoms with Crippen LogP contribution in [0.3, 0.4) is 0 Å². The molecular weight excluding hydrogens is 292 g/mol. The number of rotatable bonds is 6. The van der Waals surface area contributed by atoms with Gasteiger partial charge in [-0.3, -0.25) is 9.69 Å². The molecule has 1 heterocycles. The molecular formula is C18H28N2O3. The highest BCUT2D eigenvalue weighted by molar-refractivity contribution is 5.88. The van der Waals surface area contributed by atoms with Gasteiger partial charge in [0.05, 0.1) is 0 Å². The molecule has 128 valence electrons. The minimum absolute atomic E-state index is 0.0983. The van der Waals surface area contributed by atoms with Crippen LogP contribution < -0.4 is 10.1 Å². The Morgan fingerprint density at radius 1 is 1.30 bits per heavy atom. The second kappa shape index (κ2) is 8.31. The number of ether oxygens (including phenoxy) is 1. The number of amides is 1. The average molecular weight is 320 g/mol. The molecule has 2 N–H and O–H groups in total. The van der Waals surface area contributed by atoms with Gasteiger partial charge < -0.3 is 15.2 Å². The van der Waals surface area contributed by atoms with E-state index >= 15 is 0 Å². The van der Waals surface area contributed by atoms with Crippen LogP contribution in [0, 0.1) is 0 Å². The van der Waals surface area contributed by atoms with E-state index in [4.69, 9.17) is 4.74 Å². The molecule has 0 saturated carbocycles. The number of nitrogens with one attached hydrogen (secondary N) is 1. The molecule has 0 unspecified atom stereocenters. The van der Waals surface area contributed by atoms with Gasteiger partial charge >= 0.3 is 0 Å². The summed E-state index contributed by atoms with van der Waals surface area (Å²) >= 11 is 0. The van der Waals surface area contributed by atoms with Gasteiger partial charge in [-0.25, -0.2) is 0 Å². The van der Waals surface area contributed by atoms with E-state index in [0.29, 0.717) is 24.4 Å². The Morgan fingerprint density at radius 3 is 2.48 bits per heavy atom. The van der Waals surface area contributed by atoms with Gasteiger partial charge in [-0.2, -0.15) is 0 Å². The first kappa shape index (κ1) is 17.8. The number of piperidine rings is 1. The SMILES string of the molecule is CC(=O)Nc1ccc(OC[C@@H](O)CN2[C@@H](C)CCC[C@@H]2C)cc1. The highest BCUT2D eigenvalue weighted by Gasteiger charge is 2.26. The number of hydrogen-bond donors (Lipinski definition) is 2. The predicted octanol–water partition coefficient (Wildman–Crippen LogP) is 2.65. The largest absolute Gasteiger partial charge is 0.491 e. The van der Waals surface area contributed by atoms with Crippen molar-refractivity contribution in [3.8, 4) is 5.75 Å². The van der Waals surface area contributed by atoms with Crippen molar-refractivity contribution < 1.29 is 14.6 Å². The van der Waals surface area contributed by atoms with Crippen LogP contribution in [-0.4, -0.2) is 47.3 Å². The Balaban J connectivity index is 1.79. The number of aliphatic hydroxyl groups is 1. The first-order chi connectivity index (χ1) is 11.0. The minimum atomic E-state index is -0.506. The lowest BCUT2D eigenvalue weighted by atomic mass is 9.97. The van der Waals surface area contributed by atoms with Crippen molar-refractivity contribution in [2.24, 2.45) is 0 Å². The van der Waals surface area contributed by atoms with Crippen molar-refractivity contribution in [3.05, 3.63) is 24.3 Å². The van der Waals surface area contributed by atoms with E-state index in [2.05, 4.69) is 24.1 Å². The van der Waals surface area contributed by atoms with Crippen LogP contribution in [0.4, 0.5) is 5.69 Å². The molecule has 1 fully saturated rings. The van der Waals surface area contributed by atoms with E-state index in [1.165, 1.54) is 26.2 Å². The number of hydrogen-bond acceptors (Lipinski definition) is 4. The van der Waals surface area contributed by atoms with Crippen LogP contribution in [0.1, 0.15) is 40.0 Å². The number of carbonyl (C=O) groups excluding carboxylic acids is 1. The van der Waals surface area contributed by atoms with Crippen molar-refractivity contribution in [3.63, 3.8) is 0 Å². The number of nitrogens with zero attached hydrogens (tertiary/aromatic N) is 1. The zero-order valence-electron chi connectivity index (χ0n) is 14.3. The van der Waals surface area contributed by atoms with Gasteiger partial charge in [-0.05, 0) is 51.0 Å². The zero-order chi connectivity index (χ0) is 16.8. The molecule has 1 aliphatic rings. The van der Waals surface area contributed by atoms with E-state index in [0.717, 1.165) is 5.69 Å². The average Bonchev–Trinajstić information content (AvgIpc) is 2.50. The van der Waals surface area contributed by atoms with Crippen molar-refractivity contribution in [1.82, 2.24) is 4.90 Å². The predicted molar refractivity (Wildman–Crippen MR) is 91.7 cm³/mol. The zero-order valence-corrected chi connectivity index (χ0v) is 14.3. The summed E-state index contributed by atoms with van der Waals surface area (Å²) in [5.74, 6) is 0.594. The number of β-amino-alcohol motifs (C(OH)–C–C–N with tert-alkyl or cyclic N) is 1. The monoisotopic (exact) mass is 320 g/mol. The molecule has 0 bridgehead atoms. The molecule has 3 atom stereocenters. The van der Waals surface area contributed by atoms with Crippen molar-refractivity contribution in [2.45, 2.75) is 58.2 Å². The van der Waals surface area contributed by atoms with Gasteiger partial charge in [0.15, 0.2) is 0 Å². The topological polar surface area (TPSA) is 61.8 Å². The van der Waals surface area contributed by atoms with E-state index < -0.39 is 6.10 Å². The second-order valence-electron chi connectivity index (χ2n) is 6.50. The molecule has 0 spiro atoms. The maximum absolute atomic E-state index is 11.0. The molecule has 0 aliphatic carbocycles. The summed E-state index contributed by atoms with van der Waals surface area (Å²) in [4.78, 5) is 13.3. The van der Waals surface area contributed by atoms with E-state index in [-0.39, 0.29) is 12.5 Å². The lowest BCUT2D eigenvalue weighted by Gasteiger charge is -2.40. The molecule has 1 saturated heterocycles. The summed E-state index contributed by atoms with van der Waals surface area (Å²) < 4.78 is 5.65. The number of anilines is 1. The van der Waals surface area contributed by atoms with Crippen LogP contribution in [0.2, 0.25) is 0 Å². The standard InChI is InChI=1S/C18H28N2O3/c1-13-5-4-6-14(2)20(13)11-17(22)12-23-18-9-7-16(8-10-18)19-15(3)21/h7-10,13-14,17,22H,4-6,11-12H2,1-3H3,(H,19,21)/t13-,14-,17-/m0/s1. The Morgan fingerprint density at radius 2 is 1.91 bits per heavy atom. The molecule has 5 heteroatoms. The van der Waals surface area contributed by atoms with Gasteiger partial charge in [0.25, 0.3) is 0 Å². The first-order valence-corrected chi connectivity index (χ1v) is 8.40. The summed E-state index contributed by atoms with van der Waals surface area (Å²) in [5, 5.41) is 13.0. The third kappa shape index (κ3) is 5.52. The summed E-state index contributed by atoms with van der Waals surface area (Å²) in [6, 6.07) is 8.21. The van der Waals surface area contributed by atoms with Crippen LogP contribution in [0.25, 0.3) is 0 Å². The van der Waals surface area contributed by atoms with Gasteiger partial charge in [-0.15, -0.1) is 0 Å². The van der Waals surface area contributed by atoms with Gasteiger partial charge in [0.1, 0.15) is 18.5 Å². The number of likely N-dealkylation sites (tertiary alicyclic amines) is 1. The van der Waals surface area contributed by atoms with Crippen molar-refractivity contribution in [1.29, 1.82) is 0 Å². The second-order valence-corrected chi connectivity index (χ2v) is 6.50. The maximum atomic E-state index is 11.0. The summed E-state index contributed by atoms with van der Waals surface area (Å²) in [6.07, 6.45) is 3.16. The lowest BCUT2D eigenvalue weighted by Crippen LogP contribution is -2.48. The lowest BCUT2D eigenvalue weighted by molar-refractivity contribution is -0.114. The Bertz CT molecular complexity index is 493. The molecule has 0 radical (unpaired) electrons. The van der Waals surface area contributed by atoms with Crippen LogP contribution in [0.5, 0.6) is 5.75 Å².